The van der Waals surface area contributed by atoms with Crippen molar-refractivity contribution in [3.05, 3.63) is 41.8 Å². The van der Waals surface area contributed by atoms with E-state index in [1.165, 1.54) is 5.69 Å². The first kappa shape index (κ1) is 25.3. The van der Waals surface area contributed by atoms with Crippen molar-refractivity contribution in [3.8, 4) is 5.75 Å². The smallest absolute Gasteiger partial charge is 0.191 e. The van der Waals surface area contributed by atoms with Crippen LogP contribution in [-0.2, 0) is 6.54 Å². The van der Waals surface area contributed by atoms with E-state index < -0.39 is 0 Å². The molecule has 8 heteroatoms. The highest BCUT2D eigenvalue weighted by Crippen LogP contribution is 2.31. The van der Waals surface area contributed by atoms with Crippen LogP contribution in [0.3, 0.4) is 0 Å². The third kappa shape index (κ3) is 6.75. The number of rotatable bonds is 9. The van der Waals surface area contributed by atoms with Crippen molar-refractivity contribution in [2.45, 2.75) is 45.6 Å². The molecule has 1 aliphatic heterocycles. The predicted octanol–water partition coefficient (Wildman–Crippen LogP) is 4.40. The lowest BCUT2D eigenvalue weighted by Gasteiger charge is -2.21. The van der Waals surface area contributed by atoms with Gasteiger partial charge in [-0.1, -0.05) is 31.1 Å². The second kappa shape index (κ2) is 12.8. The Hall–Kier alpha value is -1.97. The van der Waals surface area contributed by atoms with E-state index in [2.05, 4.69) is 57.7 Å². The molecule has 0 saturated carbocycles. The first-order valence-electron chi connectivity index (χ1n) is 11.0. The van der Waals surface area contributed by atoms with Crippen molar-refractivity contribution in [2.75, 3.05) is 38.7 Å². The Labute approximate surface area is 203 Å². The number of ether oxygens (including phenoxy) is 1. The minimum Gasteiger partial charge on any atom is -0.495 e. The number of methoxy groups -OCH3 is 1. The molecule has 1 aliphatic rings. The quantitative estimate of drug-likeness (QED) is 0.279. The third-order valence-corrected chi connectivity index (χ3v) is 5.90. The molecule has 1 atom stereocenters. The summed E-state index contributed by atoms with van der Waals surface area (Å²) in [5, 5.41) is 11.0. The van der Waals surface area contributed by atoms with E-state index in [0.29, 0.717) is 18.4 Å². The van der Waals surface area contributed by atoms with Crippen LogP contribution in [0.2, 0.25) is 0 Å². The Balaban J connectivity index is 0.00000341. The maximum Gasteiger partial charge on any atom is 0.191 e. The molecule has 7 nitrogen and oxygen atoms in total. The Kier molecular flexibility index (Phi) is 10.4. The van der Waals surface area contributed by atoms with Crippen molar-refractivity contribution >= 4 is 35.6 Å². The van der Waals surface area contributed by atoms with Crippen LogP contribution < -0.4 is 20.3 Å². The number of hydrogen-bond donors (Lipinski definition) is 2. The van der Waals surface area contributed by atoms with Crippen LogP contribution in [-0.4, -0.2) is 44.9 Å². The fourth-order valence-electron chi connectivity index (χ4n) is 4.05. The SMILES string of the molecule is CCC(CC)c1cc(CNC(=NC)NCC2CCN(c3ccccc3OC)C2)on1.I. The van der Waals surface area contributed by atoms with Crippen molar-refractivity contribution < 1.29 is 9.26 Å². The Morgan fingerprint density at radius 3 is 2.77 bits per heavy atom. The standard InChI is InChI=1S/C23H35N5O2.HI/c1-5-18(6-2)20-13-19(30-27-20)15-26-23(24-3)25-14-17-11-12-28(16-17)21-9-7-8-10-22(21)29-4;/h7-10,13,17-18H,5-6,11-12,14-16H2,1-4H3,(H2,24,25,26);1H. The molecule has 0 amide bonds. The lowest BCUT2D eigenvalue weighted by molar-refractivity contribution is 0.368. The summed E-state index contributed by atoms with van der Waals surface area (Å²) in [6.45, 7) is 7.86. The van der Waals surface area contributed by atoms with E-state index in [9.17, 15) is 0 Å². The molecule has 0 bridgehead atoms. The van der Waals surface area contributed by atoms with Crippen LogP contribution in [0.5, 0.6) is 5.75 Å². The van der Waals surface area contributed by atoms with Crippen molar-refractivity contribution in [1.82, 2.24) is 15.8 Å². The van der Waals surface area contributed by atoms with Gasteiger partial charge in [0, 0.05) is 38.7 Å². The van der Waals surface area contributed by atoms with Gasteiger partial charge >= 0.3 is 0 Å². The Bertz CT molecular complexity index is 822. The first-order chi connectivity index (χ1) is 14.7. The molecular weight excluding hydrogens is 505 g/mol. The normalized spacial score (nSPS) is 16.4. The van der Waals surface area contributed by atoms with Gasteiger partial charge in [-0.25, -0.2) is 0 Å². The molecule has 1 aromatic carbocycles. The van der Waals surface area contributed by atoms with Crippen LogP contribution >= 0.6 is 24.0 Å². The minimum absolute atomic E-state index is 0. The number of nitrogens with one attached hydrogen (secondary N) is 2. The molecule has 0 spiro atoms. The van der Waals surface area contributed by atoms with E-state index in [0.717, 1.165) is 62.1 Å². The van der Waals surface area contributed by atoms with E-state index in [4.69, 9.17) is 9.26 Å². The maximum atomic E-state index is 5.51. The van der Waals surface area contributed by atoms with Gasteiger partial charge in [0.25, 0.3) is 0 Å². The summed E-state index contributed by atoms with van der Waals surface area (Å²) in [6, 6.07) is 10.3. The second-order valence-corrected chi connectivity index (χ2v) is 7.81. The van der Waals surface area contributed by atoms with Gasteiger partial charge in [0.05, 0.1) is 25.0 Å². The van der Waals surface area contributed by atoms with Crippen molar-refractivity contribution in [2.24, 2.45) is 10.9 Å². The summed E-state index contributed by atoms with van der Waals surface area (Å²) < 4.78 is 11.0. The number of nitrogens with zero attached hydrogens (tertiary/aromatic N) is 3. The topological polar surface area (TPSA) is 74.9 Å². The molecule has 3 rings (SSSR count). The van der Waals surface area contributed by atoms with Gasteiger partial charge in [0.1, 0.15) is 5.75 Å². The molecule has 0 radical (unpaired) electrons. The minimum atomic E-state index is 0. The lowest BCUT2D eigenvalue weighted by Crippen LogP contribution is -2.39. The van der Waals surface area contributed by atoms with E-state index in [1.807, 2.05) is 12.1 Å². The summed E-state index contributed by atoms with van der Waals surface area (Å²) in [4.78, 5) is 6.74. The van der Waals surface area contributed by atoms with E-state index in [-0.39, 0.29) is 24.0 Å². The zero-order valence-electron chi connectivity index (χ0n) is 19.1. The first-order valence-corrected chi connectivity index (χ1v) is 11.0. The molecule has 0 aliphatic carbocycles. The molecule has 1 aromatic heterocycles. The van der Waals surface area contributed by atoms with Gasteiger partial charge in [-0.2, -0.15) is 0 Å². The number of para-hydroxylation sites is 2. The summed E-state index contributed by atoms with van der Waals surface area (Å²) in [7, 11) is 3.52. The Morgan fingerprint density at radius 1 is 1.29 bits per heavy atom. The zero-order valence-corrected chi connectivity index (χ0v) is 21.4. The number of guanidine groups is 1. The molecule has 1 saturated heterocycles. The number of halogens is 1. The van der Waals surface area contributed by atoms with Gasteiger partial charge in [-0.05, 0) is 37.3 Å². The van der Waals surface area contributed by atoms with Crippen molar-refractivity contribution in [3.63, 3.8) is 0 Å². The van der Waals surface area contributed by atoms with Crippen LogP contribution in [0.4, 0.5) is 5.69 Å². The van der Waals surface area contributed by atoms with E-state index >= 15 is 0 Å². The van der Waals surface area contributed by atoms with E-state index in [1.54, 1.807) is 14.2 Å². The molecule has 1 unspecified atom stereocenters. The Morgan fingerprint density at radius 2 is 2.06 bits per heavy atom. The van der Waals surface area contributed by atoms with Gasteiger partial charge < -0.3 is 24.8 Å². The third-order valence-electron chi connectivity index (χ3n) is 5.90. The monoisotopic (exact) mass is 541 g/mol. The van der Waals surface area contributed by atoms with Gasteiger partial charge in [0.15, 0.2) is 11.7 Å². The largest absolute Gasteiger partial charge is 0.495 e. The van der Waals surface area contributed by atoms with Crippen LogP contribution in [0.15, 0.2) is 39.8 Å². The van der Waals surface area contributed by atoms with Crippen LogP contribution in [0.25, 0.3) is 0 Å². The number of aromatic nitrogens is 1. The maximum absolute atomic E-state index is 5.51. The fourth-order valence-corrected chi connectivity index (χ4v) is 4.05. The number of aliphatic imine (C=N–C) groups is 1. The number of hydrogen-bond acceptors (Lipinski definition) is 5. The number of anilines is 1. The molecular formula is C23H36IN5O2. The lowest BCUT2D eigenvalue weighted by atomic mass is 9.99. The van der Waals surface area contributed by atoms with Crippen LogP contribution in [0, 0.1) is 5.92 Å². The average Bonchev–Trinajstić information content (AvgIpc) is 3.45. The molecule has 2 aromatic rings. The van der Waals surface area contributed by atoms with Crippen molar-refractivity contribution in [1.29, 1.82) is 0 Å². The second-order valence-electron chi connectivity index (χ2n) is 7.81. The molecule has 31 heavy (non-hydrogen) atoms. The van der Waals surface area contributed by atoms with Gasteiger partial charge in [-0.3, -0.25) is 4.99 Å². The summed E-state index contributed by atoms with van der Waals surface area (Å²) >= 11 is 0. The molecule has 1 fully saturated rings. The highest BCUT2D eigenvalue weighted by Gasteiger charge is 2.24. The molecule has 2 N–H and O–H groups in total. The molecule has 2 heterocycles. The average molecular weight is 541 g/mol. The van der Waals surface area contributed by atoms with Crippen LogP contribution in [0.1, 0.15) is 50.5 Å². The highest BCUT2D eigenvalue weighted by molar-refractivity contribution is 14.0. The molecule has 172 valence electrons. The highest BCUT2D eigenvalue weighted by atomic mass is 127. The van der Waals surface area contributed by atoms with Gasteiger partial charge in [-0.15, -0.1) is 24.0 Å². The summed E-state index contributed by atoms with van der Waals surface area (Å²) in [5.74, 6) is 3.58. The summed E-state index contributed by atoms with van der Waals surface area (Å²) in [5.41, 5.74) is 2.21. The zero-order chi connectivity index (χ0) is 21.3. The predicted molar refractivity (Wildman–Crippen MR) is 137 cm³/mol. The fraction of sp³-hybridized carbons (Fsp3) is 0.565. The van der Waals surface area contributed by atoms with Gasteiger partial charge in [0.2, 0.25) is 0 Å². The number of benzene rings is 1. The summed E-state index contributed by atoms with van der Waals surface area (Å²) in [6.07, 6.45) is 3.29.